The lowest BCUT2D eigenvalue weighted by molar-refractivity contribution is -0.274. The summed E-state index contributed by atoms with van der Waals surface area (Å²) in [6.45, 7) is -0.389. The number of carbonyl (C=O) groups excluding carboxylic acids is 2. The second kappa shape index (κ2) is 5.46. The molecule has 1 rings (SSSR count). The molecule has 0 bridgehead atoms. The maximum Gasteiger partial charge on any atom is 0.573 e. The van der Waals surface area contributed by atoms with E-state index in [-0.39, 0.29) is 17.8 Å². The molecule has 0 aliphatic rings. The Labute approximate surface area is 105 Å². The van der Waals surface area contributed by atoms with E-state index in [2.05, 4.69) is 10.1 Å². The summed E-state index contributed by atoms with van der Waals surface area (Å²) in [6, 6.07) is 2.98. The van der Waals surface area contributed by atoms with Gasteiger partial charge in [-0.3, -0.25) is 9.59 Å². The molecule has 0 unspecified atom stereocenters. The van der Waals surface area contributed by atoms with Crippen LogP contribution in [0.1, 0.15) is 10.4 Å². The number of benzene rings is 1. The van der Waals surface area contributed by atoms with Crippen molar-refractivity contribution in [1.29, 1.82) is 0 Å². The molecule has 0 aliphatic heterocycles. The number of alkyl halides is 3. The van der Waals surface area contributed by atoms with Crippen LogP contribution >= 0.6 is 0 Å². The number of hydrogen-bond donors (Lipinski definition) is 3. The average molecular weight is 277 g/mol. The number of rotatable bonds is 4. The number of anilines is 1. The van der Waals surface area contributed by atoms with Crippen LogP contribution in [0.4, 0.5) is 18.9 Å². The Balaban J connectivity index is 2.82. The Morgan fingerprint density at radius 3 is 2.42 bits per heavy atom. The summed E-state index contributed by atoms with van der Waals surface area (Å²) < 4.78 is 39.6. The van der Waals surface area contributed by atoms with Gasteiger partial charge in [-0.15, -0.1) is 13.2 Å². The molecule has 2 amide bonds. The molecule has 1 aromatic carbocycles. The first-order chi connectivity index (χ1) is 8.69. The van der Waals surface area contributed by atoms with Gasteiger partial charge < -0.3 is 21.5 Å². The lowest BCUT2D eigenvalue weighted by atomic mass is 10.2. The van der Waals surface area contributed by atoms with Gasteiger partial charge >= 0.3 is 6.36 Å². The number of primary amides is 1. The van der Waals surface area contributed by atoms with Crippen LogP contribution in [0.3, 0.4) is 0 Å². The third kappa shape index (κ3) is 4.74. The first kappa shape index (κ1) is 14.6. The van der Waals surface area contributed by atoms with Gasteiger partial charge in [0.25, 0.3) is 5.91 Å². The molecule has 0 spiro atoms. The Morgan fingerprint density at radius 1 is 1.32 bits per heavy atom. The van der Waals surface area contributed by atoms with Crippen LogP contribution in [-0.2, 0) is 4.79 Å². The van der Waals surface area contributed by atoms with Crippen LogP contribution in [0.2, 0.25) is 0 Å². The van der Waals surface area contributed by atoms with E-state index in [1.807, 2.05) is 0 Å². The molecule has 0 aliphatic carbocycles. The number of amides is 2. The highest BCUT2D eigenvalue weighted by Gasteiger charge is 2.32. The minimum atomic E-state index is -4.87. The van der Waals surface area contributed by atoms with Gasteiger partial charge in [0, 0.05) is 5.56 Å². The SMILES string of the molecule is NC(=O)CNC(=O)c1ccc(OC(F)(F)F)c(N)c1. The van der Waals surface area contributed by atoms with Gasteiger partial charge in [0.05, 0.1) is 12.2 Å². The molecule has 0 radical (unpaired) electrons. The predicted molar refractivity (Wildman–Crippen MR) is 59.1 cm³/mol. The molecule has 19 heavy (non-hydrogen) atoms. The molecule has 6 nitrogen and oxygen atoms in total. The molecule has 0 fully saturated rings. The van der Waals surface area contributed by atoms with Gasteiger partial charge in [0.1, 0.15) is 0 Å². The van der Waals surface area contributed by atoms with E-state index in [4.69, 9.17) is 11.5 Å². The lowest BCUT2D eigenvalue weighted by Crippen LogP contribution is -2.33. The van der Waals surface area contributed by atoms with Crippen LogP contribution < -0.4 is 21.5 Å². The van der Waals surface area contributed by atoms with E-state index >= 15 is 0 Å². The van der Waals surface area contributed by atoms with Gasteiger partial charge in [-0.1, -0.05) is 0 Å². The third-order valence-electron chi connectivity index (χ3n) is 1.92. The van der Waals surface area contributed by atoms with E-state index in [0.29, 0.717) is 0 Å². The van der Waals surface area contributed by atoms with Crippen LogP contribution in [0.25, 0.3) is 0 Å². The maximum absolute atomic E-state index is 12.0. The summed E-state index contributed by atoms with van der Waals surface area (Å²) >= 11 is 0. The van der Waals surface area contributed by atoms with Crippen molar-refractivity contribution in [2.45, 2.75) is 6.36 Å². The van der Waals surface area contributed by atoms with Gasteiger partial charge in [-0.25, -0.2) is 0 Å². The zero-order valence-electron chi connectivity index (χ0n) is 9.45. The molecule has 104 valence electrons. The molecule has 0 saturated carbocycles. The summed E-state index contributed by atoms with van der Waals surface area (Å²) in [6.07, 6.45) is -4.87. The van der Waals surface area contributed by atoms with E-state index in [1.54, 1.807) is 0 Å². The zero-order valence-corrected chi connectivity index (χ0v) is 9.45. The normalized spacial score (nSPS) is 10.9. The summed E-state index contributed by atoms with van der Waals surface area (Å²) in [7, 11) is 0. The summed E-state index contributed by atoms with van der Waals surface area (Å²) in [5, 5.41) is 2.16. The van der Waals surface area contributed by atoms with Crippen molar-refractivity contribution in [3.05, 3.63) is 23.8 Å². The van der Waals surface area contributed by atoms with Crippen LogP contribution in [0, 0.1) is 0 Å². The van der Waals surface area contributed by atoms with Crippen LogP contribution in [0.5, 0.6) is 5.75 Å². The molecular weight excluding hydrogens is 267 g/mol. The number of carbonyl (C=O) groups is 2. The Hall–Kier alpha value is -2.45. The summed E-state index contributed by atoms with van der Waals surface area (Å²) in [5.74, 6) is -2.05. The van der Waals surface area contributed by atoms with Gasteiger partial charge in [-0.05, 0) is 18.2 Å². The Bertz CT molecular complexity index is 503. The summed E-state index contributed by atoms with van der Waals surface area (Å²) in [4.78, 5) is 21.9. The molecule has 9 heteroatoms. The minimum Gasteiger partial charge on any atom is -0.404 e. The van der Waals surface area contributed by atoms with Crippen molar-refractivity contribution < 1.29 is 27.5 Å². The minimum absolute atomic E-state index is 0.0201. The van der Waals surface area contributed by atoms with Gasteiger partial charge in [0.2, 0.25) is 5.91 Å². The van der Waals surface area contributed by atoms with Crippen molar-refractivity contribution in [2.75, 3.05) is 12.3 Å². The second-order valence-corrected chi connectivity index (χ2v) is 3.45. The van der Waals surface area contributed by atoms with E-state index in [9.17, 15) is 22.8 Å². The van der Waals surface area contributed by atoms with Crippen molar-refractivity contribution in [2.24, 2.45) is 5.73 Å². The average Bonchev–Trinajstić information content (AvgIpc) is 2.27. The van der Waals surface area contributed by atoms with Gasteiger partial charge in [-0.2, -0.15) is 0 Å². The van der Waals surface area contributed by atoms with Crippen molar-refractivity contribution in [3.63, 3.8) is 0 Å². The number of nitrogens with two attached hydrogens (primary N) is 2. The van der Waals surface area contributed by atoms with Crippen LogP contribution in [-0.4, -0.2) is 24.7 Å². The van der Waals surface area contributed by atoms with Crippen LogP contribution in [0.15, 0.2) is 18.2 Å². The summed E-state index contributed by atoms with van der Waals surface area (Å²) in [5.41, 5.74) is 9.77. The first-order valence-corrected chi connectivity index (χ1v) is 4.91. The maximum atomic E-state index is 12.0. The fourth-order valence-corrected chi connectivity index (χ4v) is 1.18. The predicted octanol–water partition coefficient (Wildman–Crippen LogP) is 0.382. The molecule has 1 aromatic rings. The Kier molecular flexibility index (Phi) is 4.20. The second-order valence-electron chi connectivity index (χ2n) is 3.45. The van der Waals surface area contributed by atoms with E-state index in [1.165, 1.54) is 0 Å². The lowest BCUT2D eigenvalue weighted by Gasteiger charge is -2.12. The number of nitrogens with one attached hydrogen (secondary N) is 1. The number of ether oxygens (including phenoxy) is 1. The molecule has 0 aromatic heterocycles. The van der Waals surface area contributed by atoms with E-state index < -0.39 is 23.9 Å². The largest absolute Gasteiger partial charge is 0.573 e. The number of nitrogen functional groups attached to an aromatic ring is 1. The first-order valence-electron chi connectivity index (χ1n) is 4.91. The van der Waals surface area contributed by atoms with Gasteiger partial charge in [0.15, 0.2) is 5.75 Å². The highest BCUT2D eigenvalue weighted by atomic mass is 19.4. The molecule has 0 heterocycles. The molecule has 0 atom stereocenters. The highest BCUT2D eigenvalue weighted by Crippen LogP contribution is 2.28. The standard InChI is InChI=1S/C10H10F3N3O3/c11-10(12,13)19-7-2-1-5(3-6(7)14)9(18)16-4-8(15)17/h1-3H,4,14H2,(H2,15,17)(H,16,18). The fraction of sp³-hybridized carbons (Fsp3) is 0.200. The van der Waals surface area contributed by atoms with Crippen molar-refractivity contribution in [1.82, 2.24) is 5.32 Å². The fourth-order valence-electron chi connectivity index (χ4n) is 1.18. The molecule has 0 saturated heterocycles. The highest BCUT2D eigenvalue weighted by molar-refractivity contribution is 5.97. The number of halogens is 3. The zero-order chi connectivity index (χ0) is 14.6. The van der Waals surface area contributed by atoms with Crippen molar-refractivity contribution in [3.8, 4) is 5.75 Å². The monoisotopic (exact) mass is 277 g/mol. The Morgan fingerprint density at radius 2 is 1.95 bits per heavy atom. The number of hydrogen-bond acceptors (Lipinski definition) is 4. The van der Waals surface area contributed by atoms with Crippen molar-refractivity contribution >= 4 is 17.5 Å². The molecular formula is C10H10F3N3O3. The topological polar surface area (TPSA) is 107 Å². The quantitative estimate of drug-likeness (QED) is 0.691. The molecule has 5 N–H and O–H groups in total. The third-order valence-corrected chi connectivity index (χ3v) is 1.92. The van der Waals surface area contributed by atoms with E-state index in [0.717, 1.165) is 18.2 Å². The smallest absolute Gasteiger partial charge is 0.404 e.